The summed E-state index contributed by atoms with van der Waals surface area (Å²) < 4.78 is 0. The number of rotatable bonds is 4. The Kier molecular flexibility index (Phi) is 4.74. The molecule has 2 heteroatoms. The number of nitrogens with zero attached hydrogens (tertiary/aromatic N) is 1. The number of nitrogens with one attached hydrogen (secondary N) is 1. The minimum atomic E-state index is 0.731. The molecule has 2 nitrogen and oxygen atoms in total. The summed E-state index contributed by atoms with van der Waals surface area (Å²) in [5.41, 5.74) is 0. The number of hydrogen-bond acceptors (Lipinski definition) is 2. The minimum absolute atomic E-state index is 0.731. The topological polar surface area (TPSA) is 15.3 Å². The second kappa shape index (κ2) is 5.61. The molecule has 1 aliphatic heterocycles. The Morgan fingerprint density at radius 1 is 1.31 bits per heavy atom. The van der Waals surface area contributed by atoms with Crippen molar-refractivity contribution in [1.82, 2.24) is 10.2 Å². The van der Waals surface area contributed by atoms with Crippen molar-refractivity contribution in [3.63, 3.8) is 0 Å². The van der Waals surface area contributed by atoms with Crippen LogP contribution in [0.2, 0.25) is 0 Å². The van der Waals surface area contributed by atoms with Crippen LogP contribution in [-0.2, 0) is 0 Å². The second-order valence-electron chi connectivity index (χ2n) is 4.23. The standard InChI is InChI=1S/C11H24N2/c1-4-13(5-2)9-11-6-7-12-10(3)8-11/h10-12H,4-9H2,1-3H3. The largest absolute Gasteiger partial charge is 0.314 e. The van der Waals surface area contributed by atoms with Gasteiger partial charge < -0.3 is 10.2 Å². The van der Waals surface area contributed by atoms with Gasteiger partial charge in [0.2, 0.25) is 0 Å². The smallest absolute Gasteiger partial charge is 0.00418 e. The van der Waals surface area contributed by atoms with Crippen LogP contribution in [0.15, 0.2) is 0 Å². The molecule has 2 unspecified atom stereocenters. The van der Waals surface area contributed by atoms with E-state index in [1.165, 1.54) is 39.0 Å². The van der Waals surface area contributed by atoms with Gasteiger partial charge in [0.1, 0.15) is 0 Å². The van der Waals surface area contributed by atoms with E-state index in [-0.39, 0.29) is 0 Å². The molecule has 0 saturated carbocycles. The van der Waals surface area contributed by atoms with E-state index >= 15 is 0 Å². The summed E-state index contributed by atoms with van der Waals surface area (Å²) in [6, 6.07) is 0.731. The third kappa shape index (κ3) is 3.65. The zero-order valence-corrected chi connectivity index (χ0v) is 9.34. The lowest BCUT2D eigenvalue weighted by atomic mass is 9.93. The van der Waals surface area contributed by atoms with Crippen LogP contribution in [0, 0.1) is 5.92 Å². The first-order chi connectivity index (χ1) is 6.26. The highest BCUT2D eigenvalue weighted by Crippen LogP contribution is 2.16. The fourth-order valence-corrected chi connectivity index (χ4v) is 2.25. The van der Waals surface area contributed by atoms with Gasteiger partial charge in [-0.1, -0.05) is 13.8 Å². The van der Waals surface area contributed by atoms with E-state index in [4.69, 9.17) is 0 Å². The first-order valence-corrected chi connectivity index (χ1v) is 5.72. The van der Waals surface area contributed by atoms with Crippen molar-refractivity contribution >= 4 is 0 Å². The molecule has 1 rings (SSSR count). The molecule has 0 amide bonds. The fourth-order valence-electron chi connectivity index (χ4n) is 2.25. The molecule has 0 bridgehead atoms. The normalized spacial score (nSPS) is 29.5. The van der Waals surface area contributed by atoms with Gasteiger partial charge in [-0.2, -0.15) is 0 Å². The van der Waals surface area contributed by atoms with Gasteiger partial charge in [-0.15, -0.1) is 0 Å². The van der Waals surface area contributed by atoms with Gasteiger partial charge in [-0.3, -0.25) is 0 Å². The van der Waals surface area contributed by atoms with Gasteiger partial charge in [0.05, 0.1) is 0 Å². The summed E-state index contributed by atoms with van der Waals surface area (Å²) >= 11 is 0. The molecule has 0 aliphatic carbocycles. The SMILES string of the molecule is CCN(CC)CC1CCNC(C)C1. The quantitative estimate of drug-likeness (QED) is 0.715. The Bertz CT molecular complexity index is 132. The van der Waals surface area contributed by atoms with Crippen LogP contribution in [0.25, 0.3) is 0 Å². The van der Waals surface area contributed by atoms with Crippen molar-refractivity contribution in [2.75, 3.05) is 26.2 Å². The molecule has 0 aromatic heterocycles. The molecule has 0 aromatic rings. The highest BCUT2D eigenvalue weighted by Gasteiger charge is 2.19. The molecule has 1 saturated heterocycles. The van der Waals surface area contributed by atoms with Crippen LogP contribution in [-0.4, -0.2) is 37.1 Å². The predicted molar refractivity (Wildman–Crippen MR) is 58.0 cm³/mol. The first kappa shape index (κ1) is 11.0. The molecule has 1 heterocycles. The van der Waals surface area contributed by atoms with E-state index in [1.807, 2.05) is 0 Å². The van der Waals surface area contributed by atoms with Crippen LogP contribution >= 0.6 is 0 Å². The Labute approximate surface area is 82.7 Å². The van der Waals surface area contributed by atoms with Gasteiger partial charge >= 0.3 is 0 Å². The van der Waals surface area contributed by atoms with E-state index in [2.05, 4.69) is 31.0 Å². The van der Waals surface area contributed by atoms with Crippen molar-refractivity contribution in [2.45, 2.75) is 39.7 Å². The molecule has 0 spiro atoms. The maximum atomic E-state index is 3.50. The average molecular weight is 184 g/mol. The van der Waals surface area contributed by atoms with Crippen LogP contribution in [0.4, 0.5) is 0 Å². The maximum Gasteiger partial charge on any atom is 0.00418 e. The second-order valence-corrected chi connectivity index (χ2v) is 4.23. The molecule has 2 atom stereocenters. The monoisotopic (exact) mass is 184 g/mol. The predicted octanol–water partition coefficient (Wildman–Crippen LogP) is 1.72. The van der Waals surface area contributed by atoms with Crippen LogP contribution in [0.3, 0.4) is 0 Å². The maximum absolute atomic E-state index is 3.50. The van der Waals surface area contributed by atoms with E-state index in [0.717, 1.165) is 12.0 Å². The summed E-state index contributed by atoms with van der Waals surface area (Å²) in [4.78, 5) is 2.54. The molecule has 1 aliphatic rings. The molecule has 13 heavy (non-hydrogen) atoms. The van der Waals surface area contributed by atoms with E-state index in [1.54, 1.807) is 0 Å². The fraction of sp³-hybridized carbons (Fsp3) is 1.00. The number of hydrogen-bond donors (Lipinski definition) is 1. The molecular weight excluding hydrogens is 160 g/mol. The molecule has 1 fully saturated rings. The van der Waals surface area contributed by atoms with Crippen molar-refractivity contribution in [1.29, 1.82) is 0 Å². The lowest BCUT2D eigenvalue weighted by molar-refractivity contribution is 0.205. The van der Waals surface area contributed by atoms with Crippen LogP contribution < -0.4 is 5.32 Å². The first-order valence-electron chi connectivity index (χ1n) is 5.72. The van der Waals surface area contributed by atoms with Crippen molar-refractivity contribution < 1.29 is 0 Å². The van der Waals surface area contributed by atoms with Gasteiger partial charge in [0.25, 0.3) is 0 Å². The third-order valence-electron chi connectivity index (χ3n) is 3.14. The average Bonchev–Trinajstić information content (AvgIpc) is 2.14. The van der Waals surface area contributed by atoms with Crippen molar-refractivity contribution in [3.8, 4) is 0 Å². The molecule has 0 aromatic carbocycles. The Balaban J connectivity index is 2.26. The lowest BCUT2D eigenvalue weighted by Gasteiger charge is -2.31. The summed E-state index contributed by atoms with van der Waals surface area (Å²) in [6.07, 6.45) is 2.72. The van der Waals surface area contributed by atoms with E-state index in [0.29, 0.717) is 0 Å². The van der Waals surface area contributed by atoms with E-state index < -0.39 is 0 Å². The zero-order chi connectivity index (χ0) is 9.68. The molecule has 1 N–H and O–H groups in total. The van der Waals surface area contributed by atoms with E-state index in [9.17, 15) is 0 Å². The highest BCUT2D eigenvalue weighted by molar-refractivity contribution is 4.77. The Hall–Kier alpha value is -0.0800. The van der Waals surface area contributed by atoms with Crippen molar-refractivity contribution in [2.24, 2.45) is 5.92 Å². The Morgan fingerprint density at radius 3 is 2.54 bits per heavy atom. The molecule has 0 radical (unpaired) electrons. The summed E-state index contributed by atoms with van der Waals surface area (Å²) in [6.45, 7) is 11.7. The third-order valence-corrected chi connectivity index (χ3v) is 3.14. The minimum Gasteiger partial charge on any atom is -0.314 e. The lowest BCUT2D eigenvalue weighted by Crippen LogP contribution is -2.40. The molecular formula is C11H24N2. The highest BCUT2D eigenvalue weighted by atomic mass is 15.1. The summed E-state index contributed by atoms with van der Waals surface area (Å²) in [5, 5.41) is 3.50. The molecule has 78 valence electrons. The zero-order valence-electron chi connectivity index (χ0n) is 9.34. The van der Waals surface area contributed by atoms with Gasteiger partial charge in [0, 0.05) is 12.6 Å². The van der Waals surface area contributed by atoms with Gasteiger partial charge in [0.15, 0.2) is 0 Å². The summed E-state index contributed by atoms with van der Waals surface area (Å²) in [5.74, 6) is 0.927. The van der Waals surface area contributed by atoms with Crippen LogP contribution in [0.1, 0.15) is 33.6 Å². The van der Waals surface area contributed by atoms with Gasteiger partial charge in [-0.05, 0) is 45.3 Å². The van der Waals surface area contributed by atoms with Gasteiger partial charge in [-0.25, -0.2) is 0 Å². The van der Waals surface area contributed by atoms with Crippen LogP contribution in [0.5, 0.6) is 0 Å². The summed E-state index contributed by atoms with van der Waals surface area (Å²) in [7, 11) is 0. The van der Waals surface area contributed by atoms with Crippen molar-refractivity contribution in [3.05, 3.63) is 0 Å². The Morgan fingerprint density at radius 2 is 2.00 bits per heavy atom. The number of piperidine rings is 1.